The molecule has 0 saturated carbocycles. The Kier molecular flexibility index (Phi) is 10.4. The summed E-state index contributed by atoms with van der Waals surface area (Å²) in [7, 11) is 0. The molecule has 0 nitrogen and oxygen atoms in total. The van der Waals surface area contributed by atoms with Crippen LogP contribution in [0, 0.1) is 17.8 Å². The molecule has 0 unspecified atom stereocenters. The standard InChI is InChI=1S/C24H42/c1-19(2)10-7-13-22-16-23(14-8-11-20(3)4)18-24(17-22)15-9-12-21(5)6/h16-21H,7-15H2,1-6H3. The molecular weight excluding hydrogens is 288 g/mol. The quantitative estimate of drug-likeness (QED) is 0.369. The number of rotatable bonds is 12. The van der Waals surface area contributed by atoms with Crippen molar-refractivity contribution in [2.24, 2.45) is 17.8 Å². The van der Waals surface area contributed by atoms with Crippen molar-refractivity contribution in [2.45, 2.75) is 99.3 Å². The minimum Gasteiger partial charge on any atom is -0.0628 e. The van der Waals surface area contributed by atoms with Crippen LogP contribution in [0.15, 0.2) is 18.2 Å². The van der Waals surface area contributed by atoms with Crippen LogP contribution in [-0.2, 0) is 19.3 Å². The van der Waals surface area contributed by atoms with Crippen molar-refractivity contribution in [1.29, 1.82) is 0 Å². The molecule has 0 atom stereocenters. The monoisotopic (exact) mass is 330 g/mol. The molecule has 1 aromatic rings. The Bertz CT molecular complexity index is 360. The summed E-state index contributed by atoms with van der Waals surface area (Å²) in [6.07, 6.45) is 11.8. The molecule has 24 heavy (non-hydrogen) atoms. The molecule has 1 aromatic carbocycles. The van der Waals surface area contributed by atoms with Crippen LogP contribution < -0.4 is 0 Å². The van der Waals surface area contributed by atoms with Crippen molar-refractivity contribution in [3.8, 4) is 0 Å². The molecule has 0 aliphatic carbocycles. The number of benzene rings is 1. The predicted molar refractivity (Wildman–Crippen MR) is 110 cm³/mol. The topological polar surface area (TPSA) is 0 Å². The molecule has 0 saturated heterocycles. The van der Waals surface area contributed by atoms with Crippen LogP contribution in [0.3, 0.4) is 0 Å². The molecule has 0 aromatic heterocycles. The van der Waals surface area contributed by atoms with Gasteiger partial charge in [0.15, 0.2) is 0 Å². The summed E-state index contributed by atoms with van der Waals surface area (Å²) in [6.45, 7) is 14.0. The van der Waals surface area contributed by atoms with Gasteiger partial charge in [-0.1, -0.05) is 79.0 Å². The highest BCUT2D eigenvalue weighted by Crippen LogP contribution is 2.19. The minimum atomic E-state index is 0.824. The SMILES string of the molecule is CC(C)CCCc1cc(CCCC(C)C)cc(CCCC(C)C)c1. The van der Waals surface area contributed by atoms with Crippen LogP contribution in [0.4, 0.5) is 0 Å². The minimum absolute atomic E-state index is 0.824. The average molecular weight is 331 g/mol. The van der Waals surface area contributed by atoms with Gasteiger partial charge in [-0.15, -0.1) is 0 Å². The first-order valence-electron chi connectivity index (χ1n) is 10.5. The molecule has 0 fully saturated rings. The molecule has 138 valence electrons. The zero-order valence-electron chi connectivity index (χ0n) is 17.3. The van der Waals surface area contributed by atoms with Crippen LogP contribution in [-0.4, -0.2) is 0 Å². The molecule has 0 heteroatoms. The maximum absolute atomic E-state index is 2.49. The van der Waals surface area contributed by atoms with E-state index in [1.807, 2.05) is 0 Å². The molecule has 0 spiro atoms. The molecule has 0 N–H and O–H groups in total. The van der Waals surface area contributed by atoms with Gasteiger partial charge in [-0.3, -0.25) is 0 Å². The maximum atomic E-state index is 2.49. The fraction of sp³-hybridized carbons (Fsp3) is 0.750. The maximum Gasteiger partial charge on any atom is -0.0279 e. The van der Waals surface area contributed by atoms with Gasteiger partial charge in [0.2, 0.25) is 0 Å². The first-order valence-corrected chi connectivity index (χ1v) is 10.5. The first kappa shape index (κ1) is 21.3. The zero-order valence-corrected chi connectivity index (χ0v) is 17.3. The van der Waals surface area contributed by atoms with Gasteiger partial charge in [0, 0.05) is 0 Å². The molecular formula is C24H42. The number of aryl methyl sites for hydroxylation is 3. The summed E-state index contributed by atoms with van der Waals surface area (Å²) in [5.74, 6) is 2.47. The van der Waals surface area contributed by atoms with E-state index in [1.165, 1.54) is 57.8 Å². The fourth-order valence-corrected chi connectivity index (χ4v) is 3.42. The summed E-state index contributed by atoms with van der Waals surface area (Å²) in [5, 5.41) is 0. The van der Waals surface area contributed by atoms with Crippen molar-refractivity contribution in [3.63, 3.8) is 0 Å². The molecule has 0 aliphatic rings. The van der Waals surface area contributed by atoms with Gasteiger partial charge in [-0.05, 0) is 73.0 Å². The van der Waals surface area contributed by atoms with Crippen molar-refractivity contribution in [1.82, 2.24) is 0 Å². The van der Waals surface area contributed by atoms with Gasteiger partial charge < -0.3 is 0 Å². The Morgan fingerprint density at radius 3 is 0.958 bits per heavy atom. The van der Waals surface area contributed by atoms with Gasteiger partial charge in [-0.2, -0.15) is 0 Å². The molecule has 0 amide bonds. The van der Waals surface area contributed by atoms with Crippen molar-refractivity contribution >= 4 is 0 Å². The summed E-state index contributed by atoms with van der Waals surface area (Å²) in [4.78, 5) is 0. The Morgan fingerprint density at radius 1 is 0.500 bits per heavy atom. The van der Waals surface area contributed by atoms with E-state index >= 15 is 0 Å². The third kappa shape index (κ3) is 10.2. The smallest absolute Gasteiger partial charge is 0.0279 e. The highest BCUT2D eigenvalue weighted by molar-refractivity contribution is 5.30. The molecule has 0 heterocycles. The lowest BCUT2D eigenvalue weighted by molar-refractivity contribution is 0.550. The lowest BCUT2D eigenvalue weighted by Gasteiger charge is -2.12. The van der Waals surface area contributed by atoms with Crippen molar-refractivity contribution < 1.29 is 0 Å². The summed E-state index contributed by atoms with van der Waals surface area (Å²) in [6, 6.07) is 7.48. The van der Waals surface area contributed by atoms with E-state index in [2.05, 4.69) is 59.7 Å². The van der Waals surface area contributed by atoms with Crippen molar-refractivity contribution in [2.75, 3.05) is 0 Å². The zero-order chi connectivity index (χ0) is 17.9. The largest absolute Gasteiger partial charge is 0.0628 e. The van der Waals surface area contributed by atoms with Gasteiger partial charge in [-0.25, -0.2) is 0 Å². The van der Waals surface area contributed by atoms with Crippen LogP contribution in [0.5, 0.6) is 0 Å². The number of hydrogen-bond acceptors (Lipinski definition) is 0. The fourth-order valence-electron chi connectivity index (χ4n) is 3.42. The van der Waals surface area contributed by atoms with Crippen LogP contribution in [0.2, 0.25) is 0 Å². The van der Waals surface area contributed by atoms with Gasteiger partial charge in [0.05, 0.1) is 0 Å². The van der Waals surface area contributed by atoms with E-state index in [1.54, 1.807) is 16.7 Å². The van der Waals surface area contributed by atoms with E-state index in [9.17, 15) is 0 Å². The normalized spacial score (nSPS) is 11.9. The Labute approximate surface area is 152 Å². The Hall–Kier alpha value is -0.780. The van der Waals surface area contributed by atoms with E-state index in [0.717, 1.165) is 17.8 Å². The third-order valence-corrected chi connectivity index (χ3v) is 4.85. The second kappa shape index (κ2) is 11.7. The summed E-state index contributed by atoms with van der Waals surface area (Å²) in [5.41, 5.74) is 4.74. The molecule has 0 aliphatic heterocycles. The summed E-state index contributed by atoms with van der Waals surface area (Å²) < 4.78 is 0. The molecule has 0 radical (unpaired) electrons. The first-order chi connectivity index (χ1) is 11.4. The summed E-state index contributed by atoms with van der Waals surface area (Å²) >= 11 is 0. The van der Waals surface area contributed by atoms with Crippen LogP contribution in [0.1, 0.15) is 96.8 Å². The van der Waals surface area contributed by atoms with Gasteiger partial charge in [0.25, 0.3) is 0 Å². The third-order valence-electron chi connectivity index (χ3n) is 4.85. The second-order valence-electron chi connectivity index (χ2n) is 9.02. The molecule has 1 rings (SSSR count). The van der Waals surface area contributed by atoms with Crippen molar-refractivity contribution in [3.05, 3.63) is 34.9 Å². The second-order valence-corrected chi connectivity index (χ2v) is 9.02. The highest BCUT2D eigenvalue weighted by Gasteiger charge is 2.05. The average Bonchev–Trinajstić information content (AvgIpc) is 2.46. The lowest BCUT2D eigenvalue weighted by atomic mass is 9.94. The number of hydrogen-bond donors (Lipinski definition) is 0. The van der Waals surface area contributed by atoms with E-state index < -0.39 is 0 Å². The highest BCUT2D eigenvalue weighted by atomic mass is 14.1. The lowest BCUT2D eigenvalue weighted by Crippen LogP contribution is -1.98. The van der Waals surface area contributed by atoms with E-state index in [0.29, 0.717) is 0 Å². The Balaban J connectivity index is 2.68. The Morgan fingerprint density at radius 2 is 0.750 bits per heavy atom. The van der Waals surface area contributed by atoms with E-state index in [-0.39, 0.29) is 0 Å². The van der Waals surface area contributed by atoms with Crippen LogP contribution >= 0.6 is 0 Å². The van der Waals surface area contributed by atoms with Gasteiger partial charge >= 0.3 is 0 Å². The van der Waals surface area contributed by atoms with Crippen LogP contribution in [0.25, 0.3) is 0 Å². The molecule has 0 bridgehead atoms. The van der Waals surface area contributed by atoms with Gasteiger partial charge in [0.1, 0.15) is 0 Å². The van der Waals surface area contributed by atoms with E-state index in [4.69, 9.17) is 0 Å². The predicted octanol–water partition coefficient (Wildman–Crippen LogP) is 7.62.